The molecule has 0 atom stereocenters. The normalized spacial score (nSPS) is 10.5. The van der Waals surface area contributed by atoms with Gasteiger partial charge in [-0.25, -0.2) is 14.6 Å². The number of aromatic nitrogens is 2. The lowest BCUT2D eigenvalue weighted by Gasteiger charge is -2.08. The maximum absolute atomic E-state index is 12.3. The number of hydrogen-bond acceptors (Lipinski definition) is 5. The number of esters is 2. The summed E-state index contributed by atoms with van der Waals surface area (Å²) in [5.74, 6) is -0.847. The quantitative estimate of drug-likeness (QED) is 0.549. The van der Waals surface area contributed by atoms with E-state index in [9.17, 15) is 9.59 Å². The highest BCUT2D eigenvalue weighted by molar-refractivity contribution is 6.03. The molecule has 6 nitrogen and oxygen atoms in total. The van der Waals surface area contributed by atoms with Gasteiger partial charge in [0, 0.05) is 13.1 Å². The summed E-state index contributed by atoms with van der Waals surface area (Å²) in [4.78, 5) is 28.3. The van der Waals surface area contributed by atoms with Crippen molar-refractivity contribution < 1.29 is 19.1 Å². The smallest absolute Gasteiger partial charge is 0.344 e. The maximum Gasteiger partial charge on any atom is 0.344 e. The summed E-state index contributed by atoms with van der Waals surface area (Å²) >= 11 is 0. The molecule has 0 amide bonds. The Morgan fingerprint density at radius 2 is 1.74 bits per heavy atom. The molecule has 3 aromatic rings. The Balaban J connectivity index is 1.90. The summed E-state index contributed by atoms with van der Waals surface area (Å²) in [5, 5.41) is 0. The van der Waals surface area contributed by atoms with Crippen LogP contribution in [0.1, 0.15) is 20.7 Å². The van der Waals surface area contributed by atoms with Crippen molar-refractivity contribution in [3.05, 3.63) is 59.9 Å². The van der Waals surface area contributed by atoms with Crippen LogP contribution in [0.25, 0.3) is 11.0 Å². The first kappa shape index (κ1) is 14.8. The van der Waals surface area contributed by atoms with Gasteiger partial charge in [-0.2, -0.15) is 0 Å². The number of methoxy groups -OCH3 is 1. The average Bonchev–Trinajstić information content (AvgIpc) is 2.94. The van der Waals surface area contributed by atoms with Crippen LogP contribution < -0.4 is 4.74 Å². The Labute approximate surface area is 132 Å². The van der Waals surface area contributed by atoms with Crippen molar-refractivity contribution in [1.82, 2.24) is 9.55 Å². The first-order valence-electron chi connectivity index (χ1n) is 6.91. The monoisotopic (exact) mass is 310 g/mol. The van der Waals surface area contributed by atoms with Gasteiger partial charge in [-0.15, -0.1) is 0 Å². The van der Waals surface area contributed by atoms with Crippen molar-refractivity contribution in [3.63, 3.8) is 0 Å². The third-order valence-electron chi connectivity index (χ3n) is 3.46. The molecule has 0 saturated carbocycles. The van der Waals surface area contributed by atoms with Crippen LogP contribution in [0.2, 0.25) is 0 Å². The van der Waals surface area contributed by atoms with Gasteiger partial charge in [0.1, 0.15) is 5.75 Å². The van der Waals surface area contributed by atoms with Crippen molar-refractivity contribution in [2.75, 3.05) is 7.11 Å². The van der Waals surface area contributed by atoms with E-state index in [-0.39, 0.29) is 11.1 Å². The van der Waals surface area contributed by atoms with E-state index in [1.165, 1.54) is 19.2 Å². The van der Waals surface area contributed by atoms with E-state index in [0.29, 0.717) is 5.75 Å². The van der Waals surface area contributed by atoms with Crippen LogP contribution in [-0.2, 0) is 11.8 Å². The van der Waals surface area contributed by atoms with Crippen molar-refractivity contribution >= 4 is 23.0 Å². The van der Waals surface area contributed by atoms with Gasteiger partial charge in [-0.3, -0.25) is 0 Å². The van der Waals surface area contributed by atoms with Gasteiger partial charge in [-0.1, -0.05) is 12.1 Å². The Morgan fingerprint density at radius 1 is 1.04 bits per heavy atom. The molecule has 0 saturated heterocycles. The van der Waals surface area contributed by atoms with Crippen LogP contribution in [0.5, 0.6) is 5.75 Å². The number of rotatable bonds is 3. The highest BCUT2D eigenvalue weighted by Gasteiger charge is 2.19. The number of ether oxygens (including phenoxy) is 2. The molecular weight excluding hydrogens is 296 g/mol. The third-order valence-corrected chi connectivity index (χ3v) is 3.46. The van der Waals surface area contributed by atoms with Crippen molar-refractivity contribution in [1.29, 1.82) is 0 Å². The third kappa shape index (κ3) is 2.78. The van der Waals surface area contributed by atoms with E-state index < -0.39 is 11.9 Å². The molecule has 23 heavy (non-hydrogen) atoms. The predicted molar refractivity (Wildman–Crippen MR) is 83.5 cm³/mol. The lowest BCUT2D eigenvalue weighted by molar-refractivity contribution is 0.0587. The molecule has 6 heteroatoms. The Hall–Kier alpha value is -3.15. The summed E-state index contributed by atoms with van der Waals surface area (Å²) in [6.07, 6.45) is 1.68. The molecule has 0 N–H and O–H groups in total. The number of fused-ring (bicyclic) bond motifs is 1. The number of hydrogen-bond donors (Lipinski definition) is 0. The molecular formula is C17H14N2O4. The van der Waals surface area contributed by atoms with Crippen LogP contribution in [0.4, 0.5) is 0 Å². The van der Waals surface area contributed by atoms with E-state index >= 15 is 0 Å². The minimum Gasteiger partial charge on any atom is -0.465 e. The predicted octanol–water partition coefficient (Wildman–Crippen LogP) is 2.58. The molecule has 0 aliphatic carbocycles. The van der Waals surface area contributed by atoms with Crippen LogP contribution in [0.3, 0.4) is 0 Å². The molecule has 0 aliphatic rings. The summed E-state index contributed by atoms with van der Waals surface area (Å²) in [7, 11) is 3.15. The van der Waals surface area contributed by atoms with Crippen LogP contribution in [0, 0.1) is 0 Å². The van der Waals surface area contributed by atoms with E-state index in [1.807, 2.05) is 17.7 Å². The highest BCUT2D eigenvalue weighted by Crippen LogP contribution is 2.21. The molecule has 0 spiro atoms. The highest BCUT2D eigenvalue weighted by atomic mass is 16.5. The largest absolute Gasteiger partial charge is 0.465 e. The SMILES string of the molecule is COC(=O)c1ccccc1C(=O)Oc1ccc2c(c1)ncn2C. The molecule has 1 aromatic heterocycles. The van der Waals surface area contributed by atoms with E-state index in [2.05, 4.69) is 9.72 Å². The number of carbonyl (C=O) groups excluding carboxylic acids is 2. The minimum atomic E-state index is -0.624. The van der Waals surface area contributed by atoms with Crippen LogP contribution in [-0.4, -0.2) is 28.6 Å². The summed E-state index contributed by atoms with van der Waals surface area (Å²) in [5.41, 5.74) is 1.97. The zero-order chi connectivity index (χ0) is 16.4. The lowest BCUT2D eigenvalue weighted by Crippen LogP contribution is -2.15. The molecule has 2 aromatic carbocycles. The first-order valence-corrected chi connectivity index (χ1v) is 6.91. The first-order chi connectivity index (χ1) is 11.1. The number of aryl methyl sites for hydroxylation is 1. The zero-order valence-corrected chi connectivity index (χ0v) is 12.6. The molecule has 3 rings (SSSR count). The van der Waals surface area contributed by atoms with Crippen molar-refractivity contribution in [3.8, 4) is 5.75 Å². The number of nitrogens with zero attached hydrogens (tertiary/aromatic N) is 2. The molecule has 116 valence electrons. The van der Waals surface area contributed by atoms with Crippen LogP contribution in [0.15, 0.2) is 48.8 Å². The van der Waals surface area contributed by atoms with E-state index in [0.717, 1.165) is 11.0 Å². The van der Waals surface area contributed by atoms with Crippen LogP contribution >= 0.6 is 0 Å². The fraction of sp³-hybridized carbons (Fsp3) is 0.118. The van der Waals surface area contributed by atoms with Gasteiger partial charge in [0.15, 0.2) is 0 Å². The van der Waals surface area contributed by atoms with Gasteiger partial charge < -0.3 is 14.0 Å². The summed E-state index contributed by atoms with van der Waals surface area (Å²) in [6.45, 7) is 0. The molecule has 0 radical (unpaired) electrons. The van der Waals surface area contributed by atoms with Gasteiger partial charge in [0.2, 0.25) is 0 Å². The fourth-order valence-corrected chi connectivity index (χ4v) is 2.29. The van der Waals surface area contributed by atoms with Crippen molar-refractivity contribution in [2.45, 2.75) is 0 Å². The number of benzene rings is 2. The fourth-order valence-electron chi connectivity index (χ4n) is 2.29. The molecule has 0 unspecified atom stereocenters. The molecule has 1 heterocycles. The van der Waals surface area contributed by atoms with Crippen molar-refractivity contribution in [2.24, 2.45) is 7.05 Å². The van der Waals surface area contributed by atoms with Gasteiger partial charge >= 0.3 is 11.9 Å². The standard InChI is InChI=1S/C17H14N2O4/c1-19-10-18-14-9-11(7-8-15(14)19)23-17(21)13-6-4-3-5-12(13)16(20)22-2/h3-10H,1-2H3. The minimum absolute atomic E-state index is 0.153. The average molecular weight is 310 g/mol. The zero-order valence-electron chi connectivity index (χ0n) is 12.6. The summed E-state index contributed by atoms with van der Waals surface area (Å²) in [6, 6.07) is 11.5. The number of carbonyl (C=O) groups is 2. The molecule has 0 aliphatic heterocycles. The Morgan fingerprint density at radius 3 is 2.43 bits per heavy atom. The Bertz CT molecular complexity index is 898. The maximum atomic E-state index is 12.3. The lowest BCUT2D eigenvalue weighted by atomic mass is 10.1. The second-order valence-corrected chi connectivity index (χ2v) is 4.93. The molecule has 0 bridgehead atoms. The summed E-state index contributed by atoms with van der Waals surface area (Å²) < 4.78 is 11.9. The second-order valence-electron chi connectivity index (χ2n) is 4.93. The number of imidazole rings is 1. The second kappa shape index (κ2) is 5.92. The van der Waals surface area contributed by atoms with E-state index in [4.69, 9.17) is 4.74 Å². The van der Waals surface area contributed by atoms with Gasteiger partial charge in [0.05, 0.1) is 35.6 Å². The van der Waals surface area contributed by atoms with Gasteiger partial charge in [-0.05, 0) is 24.3 Å². The van der Waals surface area contributed by atoms with E-state index in [1.54, 1.807) is 30.6 Å². The Kier molecular flexibility index (Phi) is 3.80. The topological polar surface area (TPSA) is 70.4 Å². The molecule has 0 fully saturated rings. The van der Waals surface area contributed by atoms with Gasteiger partial charge in [0.25, 0.3) is 0 Å².